The number of amides is 1. The molecule has 11 heteroatoms. The number of nitrogens with two attached hydrogens (primary N) is 1. The van der Waals surface area contributed by atoms with Gasteiger partial charge in [0.2, 0.25) is 5.91 Å². The normalized spacial score (nSPS) is 19.4. The summed E-state index contributed by atoms with van der Waals surface area (Å²) in [5.74, 6) is 6.42. The van der Waals surface area contributed by atoms with E-state index in [2.05, 4.69) is 37.9 Å². The summed E-state index contributed by atoms with van der Waals surface area (Å²) < 4.78 is 9.31. The second-order valence-electron chi connectivity index (χ2n) is 9.40. The maximum Gasteiger partial charge on any atom is 0.246 e. The fourth-order valence-corrected chi connectivity index (χ4v) is 5.26. The molecule has 1 aliphatic heterocycles. The first kappa shape index (κ1) is 23.5. The Kier molecular flexibility index (Phi) is 5.82. The topological polar surface area (TPSA) is 117 Å². The van der Waals surface area contributed by atoms with Crippen molar-refractivity contribution in [3.8, 4) is 11.8 Å². The Morgan fingerprint density at radius 3 is 2.86 bits per heavy atom. The minimum Gasteiger partial charge on any atom is -0.383 e. The van der Waals surface area contributed by atoms with Gasteiger partial charge in [-0.15, -0.1) is 0 Å². The maximum absolute atomic E-state index is 12.5. The predicted molar refractivity (Wildman–Crippen MR) is 140 cm³/mol. The second kappa shape index (κ2) is 9.18. The van der Waals surface area contributed by atoms with Gasteiger partial charge in [0, 0.05) is 25.3 Å². The molecule has 2 aliphatic rings. The predicted octanol–water partition coefficient (Wildman–Crippen LogP) is 3.12. The first-order valence-electron chi connectivity index (χ1n) is 12.1. The monoisotopic (exact) mass is 516 g/mol. The van der Waals surface area contributed by atoms with Gasteiger partial charge in [-0.05, 0) is 43.4 Å². The highest BCUT2D eigenvalue weighted by molar-refractivity contribution is 6.32. The summed E-state index contributed by atoms with van der Waals surface area (Å²) in [4.78, 5) is 27.4. The van der Waals surface area contributed by atoms with E-state index in [1.165, 1.54) is 12.4 Å². The molecule has 0 bridgehead atoms. The number of nitrogen functional groups attached to an aromatic ring is 1. The van der Waals surface area contributed by atoms with Crippen LogP contribution in [-0.4, -0.2) is 66.4 Å². The lowest BCUT2D eigenvalue weighted by Gasteiger charge is -2.22. The minimum atomic E-state index is -0.149. The number of aromatic nitrogens is 6. The SMILES string of the molecule is C=CC(=O)N1CC(n2nc(C#Cc3cc4ncn(C5CC5)c4cc3Cl)c3c(N)ncnc32)C[C@@H]1COC. The molecule has 1 amide bonds. The molecule has 37 heavy (non-hydrogen) atoms. The second-order valence-corrected chi connectivity index (χ2v) is 9.81. The molecule has 3 aromatic heterocycles. The molecule has 6 rings (SSSR count). The molecule has 1 aliphatic carbocycles. The summed E-state index contributed by atoms with van der Waals surface area (Å²) in [6.45, 7) is 4.49. The molecule has 1 saturated carbocycles. The fourth-order valence-electron chi connectivity index (χ4n) is 5.06. The van der Waals surface area contributed by atoms with Crippen molar-refractivity contribution in [2.24, 2.45) is 0 Å². The van der Waals surface area contributed by atoms with Gasteiger partial charge in [0.1, 0.15) is 17.8 Å². The number of rotatable bonds is 5. The average Bonchev–Trinajstić information content (AvgIpc) is 3.35. The Bertz CT molecular complexity index is 1610. The highest BCUT2D eigenvalue weighted by atomic mass is 35.5. The van der Waals surface area contributed by atoms with Gasteiger partial charge in [-0.2, -0.15) is 5.10 Å². The minimum absolute atomic E-state index is 0.102. The van der Waals surface area contributed by atoms with Crippen LogP contribution in [0.15, 0.2) is 37.4 Å². The number of carbonyl (C=O) groups excluding carboxylic acids is 1. The molecule has 1 aromatic carbocycles. The smallest absolute Gasteiger partial charge is 0.246 e. The number of carbonyl (C=O) groups is 1. The maximum atomic E-state index is 12.5. The molecule has 4 aromatic rings. The third-order valence-corrected chi connectivity index (χ3v) is 7.31. The Hall–Kier alpha value is -3.94. The van der Waals surface area contributed by atoms with Crippen molar-refractivity contribution in [3.63, 3.8) is 0 Å². The summed E-state index contributed by atoms with van der Waals surface area (Å²) in [6.07, 6.45) is 7.56. The van der Waals surface area contributed by atoms with E-state index in [9.17, 15) is 4.79 Å². The molecule has 188 valence electrons. The molecule has 2 N–H and O–H groups in total. The molecule has 10 nitrogen and oxygen atoms in total. The quantitative estimate of drug-likeness (QED) is 0.320. The van der Waals surface area contributed by atoms with Crippen LogP contribution in [0, 0.1) is 11.8 Å². The van der Waals surface area contributed by atoms with Crippen LogP contribution in [0.1, 0.15) is 42.6 Å². The Labute approximate surface area is 218 Å². The highest BCUT2D eigenvalue weighted by Gasteiger charge is 2.37. The molecule has 1 unspecified atom stereocenters. The van der Waals surface area contributed by atoms with Crippen molar-refractivity contribution in [3.05, 3.63) is 53.7 Å². The number of nitrogens with zero attached hydrogens (tertiary/aromatic N) is 7. The summed E-state index contributed by atoms with van der Waals surface area (Å²) >= 11 is 6.61. The zero-order chi connectivity index (χ0) is 25.7. The molecule has 0 radical (unpaired) electrons. The van der Waals surface area contributed by atoms with E-state index >= 15 is 0 Å². The van der Waals surface area contributed by atoms with Crippen LogP contribution in [0.3, 0.4) is 0 Å². The zero-order valence-electron chi connectivity index (χ0n) is 20.3. The summed E-state index contributed by atoms with van der Waals surface area (Å²) in [5.41, 5.74) is 9.76. The third-order valence-electron chi connectivity index (χ3n) is 6.99. The van der Waals surface area contributed by atoms with Crippen LogP contribution in [0.2, 0.25) is 5.02 Å². The van der Waals surface area contributed by atoms with Gasteiger partial charge in [-0.25, -0.2) is 19.6 Å². The van der Waals surface area contributed by atoms with E-state index < -0.39 is 0 Å². The Balaban J connectivity index is 1.39. The van der Waals surface area contributed by atoms with E-state index in [1.807, 2.05) is 18.5 Å². The lowest BCUT2D eigenvalue weighted by atomic mass is 10.1. The number of fused-ring (bicyclic) bond motifs is 2. The van der Waals surface area contributed by atoms with Gasteiger partial charge in [-0.3, -0.25) is 4.79 Å². The van der Waals surface area contributed by atoms with Crippen molar-refractivity contribution >= 4 is 45.4 Å². The van der Waals surface area contributed by atoms with Crippen LogP contribution in [0.5, 0.6) is 0 Å². The van der Waals surface area contributed by atoms with Crippen molar-refractivity contribution in [1.82, 2.24) is 34.2 Å². The Morgan fingerprint density at radius 1 is 1.27 bits per heavy atom. The largest absolute Gasteiger partial charge is 0.383 e. The van der Waals surface area contributed by atoms with Gasteiger partial charge in [-0.1, -0.05) is 24.1 Å². The van der Waals surface area contributed by atoms with E-state index in [0.29, 0.717) is 52.9 Å². The summed E-state index contributed by atoms with van der Waals surface area (Å²) in [7, 11) is 1.62. The molecule has 4 heterocycles. The third kappa shape index (κ3) is 4.10. The fraction of sp³-hybridized carbons (Fsp3) is 0.346. The van der Waals surface area contributed by atoms with E-state index in [4.69, 9.17) is 27.2 Å². The molecular formula is C26H25ClN8O2. The molecule has 1 saturated heterocycles. The Morgan fingerprint density at radius 2 is 2.11 bits per heavy atom. The first-order valence-corrected chi connectivity index (χ1v) is 12.4. The van der Waals surface area contributed by atoms with E-state index in [1.54, 1.807) is 16.7 Å². The van der Waals surface area contributed by atoms with Gasteiger partial charge in [0.25, 0.3) is 0 Å². The number of imidazole rings is 1. The first-order chi connectivity index (χ1) is 18.0. The zero-order valence-corrected chi connectivity index (χ0v) is 21.0. The van der Waals surface area contributed by atoms with E-state index in [0.717, 1.165) is 23.9 Å². The van der Waals surface area contributed by atoms with Crippen LogP contribution in [0.4, 0.5) is 5.82 Å². The number of benzene rings is 1. The van der Waals surface area contributed by atoms with Gasteiger partial charge >= 0.3 is 0 Å². The molecular weight excluding hydrogens is 492 g/mol. The number of anilines is 1. The molecule has 2 atom stereocenters. The van der Waals surface area contributed by atoms with Crippen molar-refractivity contribution in [1.29, 1.82) is 0 Å². The van der Waals surface area contributed by atoms with Crippen molar-refractivity contribution in [2.45, 2.75) is 37.4 Å². The van der Waals surface area contributed by atoms with Crippen LogP contribution in [0.25, 0.3) is 22.1 Å². The number of halogens is 1. The average molecular weight is 517 g/mol. The van der Waals surface area contributed by atoms with Gasteiger partial charge < -0.3 is 19.9 Å². The number of ether oxygens (including phenoxy) is 1. The molecule has 2 fully saturated rings. The molecule has 0 spiro atoms. The van der Waals surface area contributed by atoms with Crippen LogP contribution < -0.4 is 5.73 Å². The lowest BCUT2D eigenvalue weighted by molar-refractivity contribution is -0.127. The number of hydrogen-bond acceptors (Lipinski definition) is 7. The van der Waals surface area contributed by atoms with Gasteiger partial charge in [0.05, 0.1) is 46.5 Å². The van der Waals surface area contributed by atoms with E-state index in [-0.39, 0.29) is 23.8 Å². The van der Waals surface area contributed by atoms with Crippen molar-refractivity contribution in [2.75, 3.05) is 26.0 Å². The lowest BCUT2D eigenvalue weighted by Crippen LogP contribution is -2.37. The number of hydrogen-bond donors (Lipinski definition) is 1. The standard InChI is InChI=1S/C26H25ClN8O2/c1-3-23(36)33-11-17(9-18(33)12-37-2)35-26-24(25(28)29-13-30-26)20(32-35)7-4-15-8-21-22(10-19(15)27)34(14-31-21)16-5-6-16/h3,8,10,13-14,16-18H,1,5-6,9,11-12H2,2H3,(H2,28,29,30)/t17?,18-/m1/s1. The van der Waals surface area contributed by atoms with Gasteiger partial charge in [0.15, 0.2) is 5.65 Å². The van der Waals surface area contributed by atoms with Crippen molar-refractivity contribution < 1.29 is 9.53 Å². The van der Waals surface area contributed by atoms with Crippen LogP contribution >= 0.6 is 11.6 Å². The highest BCUT2D eigenvalue weighted by Crippen LogP contribution is 2.38. The number of likely N-dealkylation sites (tertiary alicyclic amines) is 1. The van der Waals surface area contributed by atoms with Crippen LogP contribution in [-0.2, 0) is 9.53 Å². The number of methoxy groups -OCH3 is 1. The summed E-state index contributed by atoms with van der Waals surface area (Å²) in [5, 5.41) is 5.90. The summed E-state index contributed by atoms with van der Waals surface area (Å²) in [6, 6.07) is 4.08.